The summed E-state index contributed by atoms with van der Waals surface area (Å²) in [5, 5.41) is 7.43. The topological polar surface area (TPSA) is 24.9 Å². The van der Waals surface area contributed by atoms with Crippen molar-refractivity contribution in [3.63, 3.8) is 0 Å². The third-order valence-electron chi connectivity index (χ3n) is 2.63. The van der Waals surface area contributed by atoms with Crippen molar-refractivity contribution < 1.29 is 0 Å². The Hall–Kier alpha value is -0.900. The lowest BCUT2D eigenvalue weighted by Crippen LogP contribution is -2.18. The first-order chi connectivity index (χ1) is 8.16. The van der Waals surface area contributed by atoms with Crippen molar-refractivity contribution >= 4 is 22.9 Å². The van der Waals surface area contributed by atoms with Crippen LogP contribution in [0.5, 0.6) is 0 Å². The molecule has 0 aliphatic heterocycles. The molecule has 1 heterocycles. The molecule has 0 saturated heterocycles. The van der Waals surface area contributed by atoms with E-state index in [2.05, 4.69) is 22.6 Å². The quantitative estimate of drug-likeness (QED) is 0.906. The average Bonchev–Trinajstić information content (AvgIpc) is 2.73. The molecule has 0 radical (unpaired) electrons. The first-order valence-electron chi connectivity index (χ1n) is 5.55. The van der Waals surface area contributed by atoms with Gasteiger partial charge in [0.2, 0.25) is 0 Å². The zero-order chi connectivity index (χ0) is 12.3. The van der Waals surface area contributed by atoms with E-state index >= 15 is 0 Å². The van der Waals surface area contributed by atoms with Crippen LogP contribution in [0.15, 0.2) is 29.6 Å². The molecule has 1 aromatic heterocycles. The minimum Gasteiger partial charge on any atom is -0.304 e. The van der Waals surface area contributed by atoms with E-state index in [9.17, 15) is 0 Å². The van der Waals surface area contributed by atoms with E-state index in [1.165, 1.54) is 0 Å². The van der Waals surface area contributed by atoms with Gasteiger partial charge in [0, 0.05) is 23.0 Å². The molecule has 17 heavy (non-hydrogen) atoms. The highest BCUT2D eigenvalue weighted by atomic mass is 35.5. The molecule has 2 aromatic rings. The third-order valence-corrected chi connectivity index (χ3v) is 3.79. The number of aromatic nitrogens is 1. The molecule has 0 bridgehead atoms. The molecule has 2 nitrogen and oxygen atoms in total. The van der Waals surface area contributed by atoms with Crippen LogP contribution in [0.4, 0.5) is 0 Å². The highest BCUT2D eigenvalue weighted by Gasteiger charge is 2.08. The SMILES string of the molecule is Cc1nc(CNC(C)c2ccccc2Cl)cs1. The van der Waals surface area contributed by atoms with E-state index in [1.807, 2.05) is 31.2 Å². The molecule has 1 unspecified atom stereocenters. The largest absolute Gasteiger partial charge is 0.304 e. The van der Waals surface area contributed by atoms with Crippen LogP contribution in [-0.4, -0.2) is 4.98 Å². The van der Waals surface area contributed by atoms with Gasteiger partial charge in [0.05, 0.1) is 10.7 Å². The zero-order valence-electron chi connectivity index (χ0n) is 9.90. The van der Waals surface area contributed by atoms with E-state index in [4.69, 9.17) is 11.6 Å². The van der Waals surface area contributed by atoms with Gasteiger partial charge in [0.25, 0.3) is 0 Å². The summed E-state index contributed by atoms with van der Waals surface area (Å²) in [4.78, 5) is 4.42. The van der Waals surface area contributed by atoms with Crippen LogP contribution < -0.4 is 5.32 Å². The van der Waals surface area contributed by atoms with Crippen molar-refractivity contribution in [3.05, 3.63) is 50.9 Å². The van der Waals surface area contributed by atoms with Gasteiger partial charge in [-0.1, -0.05) is 29.8 Å². The number of aryl methyl sites for hydroxylation is 1. The summed E-state index contributed by atoms with van der Waals surface area (Å²) in [7, 11) is 0. The Morgan fingerprint density at radius 1 is 1.41 bits per heavy atom. The van der Waals surface area contributed by atoms with Crippen molar-refractivity contribution in [2.75, 3.05) is 0 Å². The second kappa shape index (κ2) is 5.63. The molecule has 1 atom stereocenters. The highest BCUT2D eigenvalue weighted by molar-refractivity contribution is 7.09. The molecule has 0 fully saturated rings. The highest BCUT2D eigenvalue weighted by Crippen LogP contribution is 2.22. The lowest BCUT2D eigenvalue weighted by atomic mass is 10.1. The molecule has 0 saturated carbocycles. The number of benzene rings is 1. The lowest BCUT2D eigenvalue weighted by molar-refractivity contribution is 0.569. The van der Waals surface area contributed by atoms with Gasteiger partial charge in [-0.15, -0.1) is 11.3 Å². The predicted molar refractivity (Wildman–Crippen MR) is 73.6 cm³/mol. The fraction of sp³-hybridized carbons (Fsp3) is 0.308. The Labute approximate surface area is 111 Å². The molecule has 90 valence electrons. The normalized spacial score (nSPS) is 12.6. The van der Waals surface area contributed by atoms with Gasteiger partial charge in [-0.25, -0.2) is 4.98 Å². The lowest BCUT2D eigenvalue weighted by Gasteiger charge is -2.14. The Balaban J connectivity index is 1.98. The van der Waals surface area contributed by atoms with Gasteiger partial charge in [-0.05, 0) is 25.5 Å². The standard InChI is InChI=1S/C13H15ClN2S/c1-9(12-5-3-4-6-13(12)14)15-7-11-8-17-10(2)16-11/h3-6,8-9,15H,7H2,1-2H3. The van der Waals surface area contributed by atoms with Crippen LogP contribution in [-0.2, 0) is 6.54 Å². The van der Waals surface area contributed by atoms with E-state index in [0.717, 1.165) is 27.8 Å². The minimum atomic E-state index is 0.228. The van der Waals surface area contributed by atoms with Crippen LogP contribution in [0.3, 0.4) is 0 Å². The van der Waals surface area contributed by atoms with E-state index in [-0.39, 0.29) is 6.04 Å². The maximum atomic E-state index is 6.15. The number of nitrogens with one attached hydrogen (secondary N) is 1. The molecule has 1 N–H and O–H groups in total. The van der Waals surface area contributed by atoms with Crippen LogP contribution in [0.25, 0.3) is 0 Å². The second-order valence-corrected chi connectivity index (χ2v) is 5.45. The molecular weight excluding hydrogens is 252 g/mol. The number of rotatable bonds is 4. The van der Waals surface area contributed by atoms with Crippen LogP contribution in [0.2, 0.25) is 5.02 Å². The van der Waals surface area contributed by atoms with Crippen LogP contribution in [0, 0.1) is 6.92 Å². The summed E-state index contributed by atoms with van der Waals surface area (Å²) in [6.45, 7) is 4.91. The van der Waals surface area contributed by atoms with E-state index < -0.39 is 0 Å². The summed E-state index contributed by atoms with van der Waals surface area (Å²) >= 11 is 7.83. The van der Waals surface area contributed by atoms with Gasteiger partial charge in [-0.2, -0.15) is 0 Å². The first-order valence-corrected chi connectivity index (χ1v) is 6.81. The number of nitrogens with zero attached hydrogens (tertiary/aromatic N) is 1. The number of halogens is 1. The fourth-order valence-electron chi connectivity index (χ4n) is 1.68. The maximum absolute atomic E-state index is 6.15. The number of hydrogen-bond acceptors (Lipinski definition) is 3. The molecule has 4 heteroatoms. The van der Waals surface area contributed by atoms with Crippen molar-refractivity contribution in [1.82, 2.24) is 10.3 Å². The zero-order valence-corrected chi connectivity index (χ0v) is 11.5. The van der Waals surface area contributed by atoms with Gasteiger partial charge in [0.15, 0.2) is 0 Å². The predicted octanol–water partition coefficient (Wildman–Crippen LogP) is 3.96. The van der Waals surface area contributed by atoms with Gasteiger partial charge < -0.3 is 5.32 Å². The van der Waals surface area contributed by atoms with Gasteiger partial charge in [-0.3, -0.25) is 0 Å². The summed E-state index contributed by atoms with van der Waals surface area (Å²) in [6, 6.07) is 8.15. The molecule has 0 spiro atoms. The molecular formula is C13H15ClN2S. The summed E-state index contributed by atoms with van der Waals surface area (Å²) in [5.41, 5.74) is 2.22. The molecule has 1 aromatic carbocycles. The Morgan fingerprint density at radius 3 is 2.82 bits per heavy atom. The van der Waals surface area contributed by atoms with Crippen LogP contribution >= 0.6 is 22.9 Å². The molecule has 0 amide bonds. The van der Waals surface area contributed by atoms with Gasteiger partial charge in [0.1, 0.15) is 0 Å². The van der Waals surface area contributed by atoms with Crippen molar-refractivity contribution in [3.8, 4) is 0 Å². The smallest absolute Gasteiger partial charge is 0.0897 e. The van der Waals surface area contributed by atoms with Crippen LogP contribution in [0.1, 0.15) is 29.2 Å². The average molecular weight is 267 g/mol. The molecule has 0 aliphatic rings. The summed E-state index contributed by atoms with van der Waals surface area (Å²) < 4.78 is 0. The van der Waals surface area contributed by atoms with Crippen molar-refractivity contribution in [2.45, 2.75) is 26.4 Å². The number of hydrogen-bond donors (Lipinski definition) is 1. The summed E-state index contributed by atoms with van der Waals surface area (Å²) in [6.07, 6.45) is 0. The molecule has 0 aliphatic carbocycles. The molecule has 2 rings (SSSR count). The Bertz CT molecular complexity index is 496. The van der Waals surface area contributed by atoms with Crippen molar-refractivity contribution in [1.29, 1.82) is 0 Å². The third kappa shape index (κ3) is 3.28. The monoisotopic (exact) mass is 266 g/mol. The Kier molecular flexibility index (Phi) is 4.15. The maximum Gasteiger partial charge on any atom is 0.0897 e. The van der Waals surface area contributed by atoms with Gasteiger partial charge >= 0.3 is 0 Å². The van der Waals surface area contributed by atoms with Crippen molar-refractivity contribution in [2.24, 2.45) is 0 Å². The second-order valence-electron chi connectivity index (χ2n) is 3.98. The van der Waals surface area contributed by atoms with E-state index in [1.54, 1.807) is 11.3 Å². The number of thiazole rings is 1. The fourth-order valence-corrected chi connectivity index (χ4v) is 2.60. The minimum absolute atomic E-state index is 0.228. The first kappa shape index (κ1) is 12.6. The summed E-state index contributed by atoms with van der Waals surface area (Å²) in [5.74, 6) is 0. The Morgan fingerprint density at radius 2 is 2.18 bits per heavy atom. The van der Waals surface area contributed by atoms with E-state index in [0.29, 0.717) is 0 Å².